The lowest BCUT2D eigenvalue weighted by atomic mass is 9.75. The number of hydrogen-bond donors (Lipinski definition) is 0. The molecule has 0 radical (unpaired) electrons. The Hall–Kier alpha value is -1.18. The van der Waals surface area contributed by atoms with E-state index in [1.165, 1.54) is 12.1 Å². The highest BCUT2D eigenvalue weighted by Gasteiger charge is 2.28. The highest BCUT2D eigenvalue weighted by atomic mass is 19.1. The lowest BCUT2D eigenvalue weighted by Crippen LogP contribution is -2.24. The van der Waals surface area contributed by atoms with Gasteiger partial charge in [0.1, 0.15) is 5.82 Å². The number of rotatable bonds is 3. The number of hydrogen-bond acceptors (Lipinski definition) is 1. The SMILES string of the molecule is CC(C)C1CCC(C(=O)c2ccc(F)cc2)CC1. The fourth-order valence-corrected chi connectivity index (χ4v) is 2.90. The van der Waals surface area contributed by atoms with E-state index in [9.17, 15) is 9.18 Å². The smallest absolute Gasteiger partial charge is 0.165 e. The van der Waals surface area contributed by atoms with Gasteiger partial charge in [0, 0.05) is 11.5 Å². The Balaban J connectivity index is 1.97. The van der Waals surface area contributed by atoms with E-state index in [4.69, 9.17) is 0 Å². The van der Waals surface area contributed by atoms with E-state index in [2.05, 4.69) is 13.8 Å². The number of carbonyl (C=O) groups is 1. The van der Waals surface area contributed by atoms with Gasteiger partial charge in [0.2, 0.25) is 0 Å². The van der Waals surface area contributed by atoms with E-state index in [0.717, 1.165) is 31.6 Å². The van der Waals surface area contributed by atoms with Gasteiger partial charge in [0.05, 0.1) is 0 Å². The Morgan fingerprint density at radius 2 is 1.67 bits per heavy atom. The third-order valence-electron chi connectivity index (χ3n) is 4.21. The Kier molecular flexibility index (Phi) is 4.15. The number of benzene rings is 1. The van der Waals surface area contributed by atoms with Crippen molar-refractivity contribution < 1.29 is 9.18 Å². The largest absolute Gasteiger partial charge is 0.294 e. The summed E-state index contributed by atoms with van der Waals surface area (Å²) < 4.78 is 12.8. The van der Waals surface area contributed by atoms with Crippen molar-refractivity contribution in [3.8, 4) is 0 Å². The van der Waals surface area contributed by atoms with Gasteiger partial charge in [0.15, 0.2) is 5.78 Å². The maximum atomic E-state index is 12.8. The minimum atomic E-state index is -0.282. The van der Waals surface area contributed by atoms with Crippen LogP contribution in [0.1, 0.15) is 49.9 Å². The second-order valence-corrected chi connectivity index (χ2v) is 5.73. The molecule has 0 bridgehead atoms. The Labute approximate surface area is 108 Å². The molecule has 0 spiro atoms. The second kappa shape index (κ2) is 5.64. The van der Waals surface area contributed by atoms with Crippen molar-refractivity contribution >= 4 is 5.78 Å². The number of halogens is 1. The van der Waals surface area contributed by atoms with Crippen LogP contribution in [0, 0.1) is 23.6 Å². The van der Waals surface area contributed by atoms with Crippen LogP contribution in [0.3, 0.4) is 0 Å². The predicted octanol–water partition coefficient (Wildman–Crippen LogP) is 4.47. The molecule has 1 aromatic rings. The zero-order valence-corrected chi connectivity index (χ0v) is 11.2. The van der Waals surface area contributed by atoms with Gasteiger partial charge in [-0.3, -0.25) is 4.79 Å². The summed E-state index contributed by atoms with van der Waals surface area (Å²) >= 11 is 0. The monoisotopic (exact) mass is 248 g/mol. The number of ketones is 1. The first-order valence-corrected chi connectivity index (χ1v) is 6.87. The van der Waals surface area contributed by atoms with E-state index >= 15 is 0 Å². The van der Waals surface area contributed by atoms with Crippen LogP contribution in [-0.2, 0) is 0 Å². The molecule has 2 rings (SSSR count). The minimum Gasteiger partial charge on any atom is -0.294 e. The first kappa shape index (κ1) is 13.3. The molecule has 1 nitrogen and oxygen atoms in total. The van der Waals surface area contributed by atoms with Gasteiger partial charge in [-0.25, -0.2) is 4.39 Å². The highest BCUT2D eigenvalue weighted by molar-refractivity contribution is 5.97. The van der Waals surface area contributed by atoms with Crippen molar-refractivity contribution in [2.24, 2.45) is 17.8 Å². The molecule has 0 amide bonds. The maximum Gasteiger partial charge on any atom is 0.165 e. The van der Waals surface area contributed by atoms with Crippen molar-refractivity contribution in [2.45, 2.75) is 39.5 Å². The Bertz CT molecular complexity index is 400. The number of Topliss-reactive ketones (excluding diaryl/α,β-unsaturated/α-hetero) is 1. The van der Waals surface area contributed by atoms with Crippen LogP contribution in [0.15, 0.2) is 24.3 Å². The molecular formula is C16H21FO. The van der Waals surface area contributed by atoms with Crippen LogP contribution in [0.2, 0.25) is 0 Å². The molecular weight excluding hydrogens is 227 g/mol. The molecule has 0 N–H and O–H groups in total. The minimum absolute atomic E-state index is 0.144. The molecule has 0 aliphatic heterocycles. The molecule has 1 aliphatic carbocycles. The van der Waals surface area contributed by atoms with Crippen LogP contribution < -0.4 is 0 Å². The van der Waals surface area contributed by atoms with Gasteiger partial charge < -0.3 is 0 Å². The zero-order valence-electron chi connectivity index (χ0n) is 11.2. The lowest BCUT2D eigenvalue weighted by molar-refractivity contribution is 0.0859. The van der Waals surface area contributed by atoms with Gasteiger partial charge in [-0.2, -0.15) is 0 Å². The van der Waals surface area contributed by atoms with Crippen LogP contribution in [0.5, 0.6) is 0 Å². The first-order chi connectivity index (χ1) is 8.58. The summed E-state index contributed by atoms with van der Waals surface area (Å²) in [6.45, 7) is 4.51. The van der Waals surface area contributed by atoms with Gasteiger partial charge in [-0.1, -0.05) is 13.8 Å². The van der Waals surface area contributed by atoms with Gasteiger partial charge in [-0.05, 0) is 61.8 Å². The second-order valence-electron chi connectivity index (χ2n) is 5.73. The zero-order chi connectivity index (χ0) is 13.1. The summed E-state index contributed by atoms with van der Waals surface area (Å²) in [5.74, 6) is 1.53. The van der Waals surface area contributed by atoms with Crippen LogP contribution >= 0.6 is 0 Å². The van der Waals surface area contributed by atoms with Gasteiger partial charge in [0.25, 0.3) is 0 Å². The molecule has 1 fully saturated rings. The lowest BCUT2D eigenvalue weighted by Gasteiger charge is -2.30. The molecule has 1 saturated carbocycles. The molecule has 98 valence electrons. The molecule has 0 unspecified atom stereocenters. The van der Waals surface area contributed by atoms with Gasteiger partial charge >= 0.3 is 0 Å². The van der Waals surface area contributed by atoms with Crippen molar-refractivity contribution in [1.29, 1.82) is 0 Å². The average Bonchev–Trinajstić information content (AvgIpc) is 2.39. The molecule has 0 atom stereocenters. The Morgan fingerprint density at radius 1 is 1.11 bits per heavy atom. The molecule has 1 aliphatic rings. The fourth-order valence-electron chi connectivity index (χ4n) is 2.90. The first-order valence-electron chi connectivity index (χ1n) is 6.87. The van der Waals surface area contributed by atoms with Gasteiger partial charge in [-0.15, -0.1) is 0 Å². The summed E-state index contributed by atoms with van der Waals surface area (Å²) in [4.78, 5) is 12.3. The van der Waals surface area contributed by atoms with Crippen LogP contribution in [0.4, 0.5) is 4.39 Å². The maximum absolute atomic E-state index is 12.8. The van der Waals surface area contributed by atoms with E-state index in [1.54, 1.807) is 12.1 Å². The van der Waals surface area contributed by atoms with Crippen LogP contribution in [-0.4, -0.2) is 5.78 Å². The third-order valence-corrected chi connectivity index (χ3v) is 4.21. The van der Waals surface area contributed by atoms with E-state index in [1.807, 2.05) is 0 Å². The molecule has 0 aromatic heterocycles. The molecule has 0 saturated heterocycles. The summed E-state index contributed by atoms with van der Waals surface area (Å²) in [5, 5.41) is 0. The Morgan fingerprint density at radius 3 is 2.17 bits per heavy atom. The topological polar surface area (TPSA) is 17.1 Å². The highest BCUT2D eigenvalue weighted by Crippen LogP contribution is 2.34. The summed E-state index contributed by atoms with van der Waals surface area (Å²) in [6.07, 6.45) is 4.27. The van der Waals surface area contributed by atoms with E-state index < -0.39 is 0 Å². The summed E-state index contributed by atoms with van der Waals surface area (Å²) in [7, 11) is 0. The molecule has 0 heterocycles. The van der Waals surface area contributed by atoms with Crippen molar-refractivity contribution in [1.82, 2.24) is 0 Å². The molecule has 2 heteroatoms. The van der Waals surface area contributed by atoms with Crippen molar-refractivity contribution in [3.05, 3.63) is 35.6 Å². The fraction of sp³-hybridized carbons (Fsp3) is 0.562. The average molecular weight is 248 g/mol. The summed E-state index contributed by atoms with van der Waals surface area (Å²) in [5.41, 5.74) is 0.657. The summed E-state index contributed by atoms with van der Waals surface area (Å²) in [6, 6.07) is 5.94. The van der Waals surface area contributed by atoms with Crippen LogP contribution in [0.25, 0.3) is 0 Å². The standard InChI is InChI=1S/C16H21FO/c1-11(2)12-3-5-13(6-4-12)16(18)14-7-9-15(17)10-8-14/h7-13H,3-6H2,1-2H3. The van der Waals surface area contributed by atoms with E-state index in [-0.39, 0.29) is 17.5 Å². The third kappa shape index (κ3) is 2.98. The number of carbonyl (C=O) groups excluding carboxylic acids is 1. The molecule has 1 aromatic carbocycles. The van der Waals surface area contributed by atoms with Crippen molar-refractivity contribution in [3.63, 3.8) is 0 Å². The van der Waals surface area contributed by atoms with E-state index in [0.29, 0.717) is 11.5 Å². The molecule has 18 heavy (non-hydrogen) atoms. The normalized spacial score (nSPS) is 24.2. The quantitative estimate of drug-likeness (QED) is 0.721. The van der Waals surface area contributed by atoms with Crippen molar-refractivity contribution in [2.75, 3.05) is 0 Å². The predicted molar refractivity (Wildman–Crippen MR) is 71.0 cm³/mol.